The van der Waals surface area contributed by atoms with Crippen LogP contribution in [0.3, 0.4) is 0 Å². The molecule has 0 aliphatic heterocycles. The van der Waals surface area contributed by atoms with Gasteiger partial charge in [0.15, 0.2) is 5.82 Å². The standard InChI is InChI=1S/C33H27F3N4O3/c1-21-7-11-23(12-8-21)24-13-9-22(10-14-24)19-37-32(42)43-31-39-29(20-40(31)2)38-30(41)28-6-4-3-5-27(28)25-15-17-26(18-16-25)33(34,35)36/h3-18,20H,19H2,1-2H3,(H,37,42)(H,38,41). The lowest BCUT2D eigenvalue weighted by molar-refractivity contribution is -0.137. The number of hydrogen-bond donors (Lipinski definition) is 2. The lowest BCUT2D eigenvalue weighted by Gasteiger charge is -2.11. The van der Waals surface area contributed by atoms with E-state index in [9.17, 15) is 22.8 Å². The summed E-state index contributed by atoms with van der Waals surface area (Å²) >= 11 is 0. The quantitative estimate of drug-likeness (QED) is 0.206. The van der Waals surface area contributed by atoms with Gasteiger partial charge < -0.3 is 19.9 Å². The van der Waals surface area contributed by atoms with E-state index in [1.165, 1.54) is 28.5 Å². The molecule has 0 bridgehead atoms. The van der Waals surface area contributed by atoms with E-state index in [0.717, 1.165) is 28.8 Å². The average molecular weight is 585 g/mol. The smallest absolute Gasteiger partial charge is 0.375 e. The van der Waals surface area contributed by atoms with Crippen molar-refractivity contribution in [3.8, 4) is 28.3 Å². The molecule has 4 aromatic carbocycles. The fourth-order valence-corrected chi connectivity index (χ4v) is 4.41. The van der Waals surface area contributed by atoms with Crippen LogP contribution in [0.15, 0.2) is 103 Å². The first-order valence-electron chi connectivity index (χ1n) is 13.3. The molecule has 7 nitrogen and oxygen atoms in total. The van der Waals surface area contributed by atoms with Crippen LogP contribution < -0.4 is 15.4 Å². The van der Waals surface area contributed by atoms with E-state index >= 15 is 0 Å². The molecule has 0 saturated carbocycles. The third-order valence-electron chi connectivity index (χ3n) is 6.73. The average Bonchev–Trinajstić information content (AvgIpc) is 3.34. The topological polar surface area (TPSA) is 85.2 Å². The Morgan fingerprint density at radius 2 is 1.44 bits per heavy atom. The van der Waals surface area contributed by atoms with Gasteiger partial charge in [-0.15, -0.1) is 0 Å². The van der Waals surface area contributed by atoms with Gasteiger partial charge in [0.2, 0.25) is 0 Å². The van der Waals surface area contributed by atoms with Crippen LogP contribution in [0.4, 0.5) is 23.8 Å². The summed E-state index contributed by atoms with van der Waals surface area (Å²) in [4.78, 5) is 29.7. The Balaban J connectivity index is 1.20. The number of nitrogens with one attached hydrogen (secondary N) is 2. The van der Waals surface area contributed by atoms with Crippen LogP contribution in [0.1, 0.15) is 27.0 Å². The van der Waals surface area contributed by atoms with Gasteiger partial charge in [0.05, 0.1) is 11.8 Å². The number of rotatable bonds is 7. The zero-order chi connectivity index (χ0) is 30.6. The van der Waals surface area contributed by atoms with Gasteiger partial charge in [-0.2, -0.15) is 18.2 Å². The monoisotopic (exact) mass is 584 g/mol. The van der Waals surface area contributed by atoms with Gasteiger partial charge in [0.1, 0.15) is 0 Å². The molecular weight excluding hydrogens is 557 g/mol. The molecule has 2 N–H and O–H groups in total. The van der Waals surface area contributed by atoms with Crippen molar-refractivity contribution in [1.82, 2.24) is 14.9 Å². The molecule has 1 heterocycles. The number of alkyl halides is 3. The van der Waals surface area contributed by atoms with Gasteiger partial charge in [0, 0.05) is 19.2 Å². The zero-order valence-corrected chi connectivity index (χ0v) is 23.3. The maximum Gasteiger partial charge on any atom is 0.416 e. The molecular formula is C33H27F3N4O3. The highest BCUT2D eigenvalue weighted by atomic mass is 19.4. The molecule has 0 saturated heterocycles. The predicted molar refractivity (Wildman–Crippen MR) is 158 cm³/mol. The second-order valence-corrected chi connectivity index (χ2v) is 9.90. The van der Waals surface area contributed by atoms with Crippen LogP contribution in [0.25, 0.3) is 22.3 Å². The van der Waals surface area contributed by atoms with Crippen molar-refractivity contribution < 1.29 is 27.5 Å². The van der Waals surface area contributed by atoms with Gasteiger partial charge in [0.25, 0.3) is 5.91 Å². The van der Waals surface area contributed by atoms with E-state index in [4.69, 9.17) is 4.74 Å². The molecule has 2 amide bonds. The Bertz CT molecular complexity index is 1740. The molecule has 0 spiro atoms. The number of nitrogens with zero attached hydrogens (tertiary/aromatic N) is 2. The Labute approximate surface area is 246 Å². The summed E-state index contributed by atoms with van der Waals surface area (Å²) < 4.78 is 45.7. The lowest BCUT2D eigenvalue weighted by atomic mass is 9.98. The van der Waals surface area contributed by atoms with Crippen LogP contribution in [0.2, 0.25) is 0 Å². The minimum atomic E-state index is -4.46. The Hall–Kier alpha value is -5.38. The molecule has 10 heteroatoms. The second kappa shape index (κ2) is 12.2. The number of benzene rings is 4. The first kappa shape index (κ1) is 29.1. The van der Waals surface area contributed by atoms with Crippen LogP contribution in [0.5, 0.6) is 6.01 Å². The number of hydrogen-bond acceptors (Lipinski definition) is 4. The van der Waals surface area contributed by atoms with Crippen molar-refractivity contribution in [2.45, 2.75) is 19.6 Å². The number of anilines is 1. The zero-order valence-electron chi connectivity index (χ0n) is 23.3. The summed E-state index contributed by atoms with van der Waals surface area (Å²) in [5.41, 5.74) is 4.60. The fraction of sp³-hybridized carbons (Fsp3) is 0.121. The third kappa shape index (κ3) is 7.10. The lowest BCUT2D eigenvalue weighted by Crippen LogP contribution is -2.27. The maximum absolute atomic E-state index is 13.1. The van der Waals surface area contributed by atoms with Crippen LogP contribution in [0, 0.1) is 6.92 Å². The number of aryl methyl sites for hydroxylation is 2. The number of imidazole rings is 1. The number of ether oxygens (including phenoxy) is 1. The Morgan fingerprint density at radius 3 is 2.09 bits per heavy atom. The summed E-state index contributed by atoms with van der Waals surface area (Å²) in [7, 11) is 1.60. The largest absolute Gasteiger partial charge is 0.416 e. The second-order valence-electron chi connectivity index (χ2n) is 9.90. The summed E-state index contributed by atoms with van der Waals surface area (Å²) in [6.07, 6.45) is -3.70. The van der Waals surface area contributed by atoms with Crippen molar-refractivity contribution in [2.75, 3.05) is 5.32 Å². The van der Waals surface area contributed by atoms with Gasteiger partial charge in [-0.25, -0.2) is 4.79 Å². The van der Waals surface area contributed by atoms with E-state index in [2.05, 4.69) is 39.9 Å². The summed E-state index contributed by atoms with van der Waals surface area (Å²) in [5.74, 6) is -0.400. The van der Waals surface area contributed by atoms with Crippen molar-refractivity contribution >= 4 is 17.8 Å². The number of halogens is 3. The van der Waals surface area contributed by atoms with Crippen LogP contribution >= 0.6 is 0 Å². The summed E-state index contributed by atoms with van der Waals surface area (Å²) in [5, 5.41) is 5.34. The van der Waals surface area contributed by atoms with Gasteiger partial charge in [-0.1, -0.05) is 84.4 Å². The SMILES string of the molecule is Cc1ccc(-c2ccc(CNC(=O)Oc3nc(NC(=O)c4ccccc4-c4ccc(C(F)(F)F)cc4)cn3C)cc2)cc1. The molecule has 218 valence electrons. The molecule has 0 aliphatic carbocycles. The van der Waals surface area contributed by atoms with Crippen molar-refractivity contribution in [3.05, 3.63) is 126 Å². The molecule has 0 fully saturated rings. The van der Waals surface area contributed by atoms with E-state index in [1.807, 2.05) is 31.2 Å². The highest BCUT2D eigenvalue weighted by molar-refractivity contribution is 6.08. The predicted octanol–water partition coefficient (Wildman–Crippen LogP) is 7.62. The molecule has 1 aromatic heterocycles. The first-order chi connectivity index (χ1) is 20.6. The first-order valence-corrected chi connectivity index (χ1v) is 13.3. The van der Waals surface area contributed by atoms with Crippen molar-refractivity contribution in [3.63, 3.8) is 0 Å². The Kier molecular flexibility index (Phi) is 8.29. The molecule has 5 aromatic rings. The van der Waals surface area contributed by atoms with E-state index in [-0.39, 0.29) is 23.9 Å². The van der Waals surface area contributed by atoms with E-state index in [0.29, 0.717) is 11.1 Å². The van der Waals surface area contributed by atoms with Gasteiger partial charge in [-0.05, 0) is 52.9 Å². The van der Waals surface area contributed by atoms with Crippen LogP contribution in [-0.2, 0) is 19.8 Å². The number of amides is 2. The fourth-order valence-electron chi connectivity index (χ4n) is 4.41. The van der Waals surface area contributed by atoms with Crippen molar-refractivity contribution in [2.24, 2.45) is 7.05 Å². The van der Waals surface area contributed by atoms with Crippen molar-refractivity contribution in [1.29, 1.82) is 0 Å². The molecule has 0 atom stereocenters. The molecule has 43 heavy (non-hydrogen) atoms. The summed E-state index contributed by atoms with van der Waals surface area (Å²) in [6, 6.07) is 27.1. The number of aromatic nitrogens is 2. The summed E-state index contributed by atoms with van der Waals surface area (Å²) in [6.45, 7) is 2.27. The number of carbonyl (C=O) groups is 2. The highest BCUT2D eigenvalue weighted by Crippen LogP contribution is 2.32. The Morgan fingerprint density at radius 1 is 0.837 bits per heavy atom. The molecule has 0 unspecified atom stereocenters. The van der Waals surface area contributed by atoms with Gasteiger partial charge >= 0.3 is 18.3 Å². The third-order valence-corrected chi connectivity index (χ3v) is 6.73. The van der Waals surface area contributed by atoms with Crippen LogP contribution in [-0.4, -0.2) is 21.6 Å². The minimum absolute atomic E-state index is 0.0430. The maximum atomic E-state index is 13.1. The van der Waals surface area contributed by atoms with Gasteiger partial charge in [-0.3, -0.25) is 4.79 Å². The highest BCUT2D eigenvalue weighted by Gasteiger charge is 2.30. The molecule has 0 aliphatic rings. The molecule has 0 radical (unpaired) electrons. The van der Waals surface area contributed by atoms with E-state index < -0.39 is 23.7 Å². The number of carbonyl (C=O) groups excluding carboxylic acids is 2. The normalized spacial score (nSPS) is 11.2. The minimum Gasteiger partial charge on any atom is -0.375 e. The van der Waals surface area contributed by atoms with E-state index in [1.54, 1.807) is 31.3 Å². The molecule has 5 rings (SSSR count).